The summed E-state index contributed by atoms with van der Waals surface area (Å²) in [6.07, 6.45) is 8.58. The second-order valence-corrected chi connectivity index (χ2v) is 13.5. The van der Waals surface area contributed by atoms with Crippen LogP contribution in [0.3, 0.4) is 0 Å². The van der Waals surface area contributed by atoms with Crippen molar-refractivity contribution in [3.8, 4) is 0 Å². The summed E-state index contributed by atoms with van der Waals surface area (Å²) in [5.41, 5.74) is 6.59. The Labute approximate surface area is 286 Å². The number of carbonyl (C=O) groups is 3. The number of ketones is 1. The van der Waals surface area contributed by atoms with Gasteiger partial charge < -0.3 is 15.3 Å². The average molecular weight is 657 g/mol. The first-order chi connectivity index (χ1) is 23.3. The normalized spacial score (nSPS) is 18.3. The molecular weight excluding hydrogens is 617 g/mol. The second-order valence-electron chi connectivity index (χ2n) is 12.6. The van der Waals surface area contributed by atoms with Gasteiger partial charge in [-0.1, -0.05) is 78.9 Å². The molecule has 2 N–H and O–H groups in total. The predicted octanol–water partition coefficient (Wildman–Crippen LogP) is 8.18. The molecule has 0 radical (unpaired) electrons. The van der Waals surface area contributed by atoms with Crippen molar-refractivity contribution < 1.29 is 19.5 Å². The molecule has 0 spiro atoms. The van der Waals surface area contributed by atoms with E-state index in [0.29, 0.717) is 42.0 Å². The Morgan fingerprint density at radius 2 is 1.48 bits per heavy atom. The SMILES string of the molecule is CSCC1C[C@]1(NC(=O)c1ccc(CN(Cc2ccccc2)c2ccc(C(=O)c3ccccc3)cc2)cc1C1=CCCC=C1C)C(=O)O. The molecule has 2 atom stereocenters. The molecule has 1 fully saturated rings. The third-order valence-corrected chi connectivity index (χ3v) is 10.1. The number of aliphatic carboxylic acids is 1. The van der Waals surface area contributed by atoms with Gasteiger partial charge in [0.2, 0.25) is 0 Å². The van der Waals surface area contributed by atoms with Crippen LogP contribution in [0, 0.1) is 5.92 Å². The van der Waals surface area contributed by atoms with Crippen LogP contribution >= 0.6 is 11.8 Å². The summed E-state index contributed by atoms with van der Waals surface area (Å²) in [4.78, 5) is 41.5. The quantitative estimate of drug-likeness (QED) is 0.141. The van der Waals surface area contributed by atoms with Crippen molar-refractivity contribution in [3.63, 3.8) is 0 Å². The van der Waals surface area contributed by atoms with Crippen molar-refractivity contribution in [2.45, 2.75) is 44.8 Å². The lowest BCUT2D eigenvalue weighted by Crippen LogP contribution is -2.45. The third kappa shape index (κ3) is 7.16. The maximum Gasteiger partial charge on any atom is 0.329 e. The fourth-order valence-corrected chi connectivity index (χ4v) is 7.35. The Balaban J connectivity index is 1.32. The van der Waals surface area contributed by atoms with Gasteiger partial charge in [-0.3, -0.25) is 9.59 Å². The number of thioether (sulfide) groups is 1. The topological polar surface area (TPSA) is 86.7 Å². The van der Waals surface area contributed by atoms with Crippen LogP contribution in [-0.4, -0.2) is 40.3 Å². The van der Waals surface area contributed by atoms with Crippen LogP contribution in [0.2, 0.25) is 0 Å². The molecule has 0 aromatic heterocycles. The van der Waals surface area contributed by atoms with Crippen molar-refractivity contribution >= 4 is 40.7 Å². The van der Waals surface area contributed by atoms with Gasteiger partial charge in [-0.05, 0) is 102 Å². The van der Waals surface area contributed by atoms with Gasteiger partial charge in [-0.2, -0.15) is 11.8 Å². The molecule has 0 saturated heterocycles. The molecular formula is C41H40N2O4S. The highest BCUT2D eigenvalue weighted by atomic mass is 32.2. The molecule has 6 rings (SSSR count). The number of nitrogens with zero attached hydrogens (tertiary/aromatic N) is 1. The van der Waals surface area contributed by atoms with E-state index in [4.69, 9.17) is 0 Å². The minimum absolute atomic E-state index is 0.0184. The summed E-state index contributed by atoms with van der Waals surface area (Å²) in [5.74, 6) is -0.761. The smallest absolute Gasteiger partial charge is 0.329 e. The first kappa shape index (κ1) is 33.0. The maximum atomic E-state index is 13.8. The lowest BCUT2D eigenvalue weighted by molar-refractivity contribution is -0.140. The van der Waals surface area contributed by atoms with Gasteiger partial charge in [0.05, 0.1) is 0 Å². The number of hydrogen-bond acceptors (Lipinski definition) is 5. The van der Waals surface area contributed by atoms with Crippen LogP contribution in [0.4, 0.5) is 5.69 Å². The number of amides is 1. The van der Waals surface area contributed by atoms with Gasteiger partial charge in [-0.25, -0.2) is 4.79 Å². The zero-order chi connectivity index (χ0) is 33.7. The summed E-state index contributed by atoms with van der Waals surface area (Å²) < 4.78 is 0. The standard InChI is InChI=1S/C41H40N2O4S/c1-28-11-9-10-16-35(28)37-23-30(17-22-36(37)39(45)42-41(40(46)47)24-33(41)27-48-2)26-43(25-29-12-5-3-6-13-29)34-20-18-32(19-21-34)38(44)31-14-7-4-8-15-31/h3-8,11-23,33H,9-10,24-27H2,1-2H3,(H,42,45)(H,46,47)/t33?,41-/m1/s1. The minimum Gasteiger partial charge on any atom is -0.479 e. The molecule has 0 aliphatic heterocycles. The van der Waals surface area contributed by atoms with Crippen LogP contribution in [0.1, 0.15) is 69.2 Å². The van der Waals surface area contributed by atoms with Gasteiger partial charge in [0.1, 0.15) is 5.54 Å². The molecule has 2 aliphatic rings. The Morgan fingerprint density at radius 1 is 0.833 bits per heavy atom. The molecule has 244 valence electrons. The number of nitrogens with one attached hydrogen (secondary N) is 1. The highest BCUT2D eigenvalue weighted by Crippen LogP contribution is 2.46. The van der Waals surface area contributed by atoms with Crippen LogP contribution < -0.4 is 10.2 Å². The maximum absolute atomic E-state index is 13.8. The Morgan fingerprint density at radius 3 is 2.15 bits per heavy atom. The summed E-state index contributed by atoms with van der Waals surface area (Å²) in [5, 5.41) is 13.0. The molecule has 0 bridgehead atoms. The van der Waals surface area contributed by atoms with Crippen LogP contribution in [-0.2, 0) is 17.9 Å². The lowest BCUT2D eigenvalue weighted by Gasteiger charge is -2.27. The molecule has 1 unspecified atom stereocenters. The number of rotatable bonds is 13. The molecule has 2 aliphatic carbocycles. The molecule has 0 heterocycles. The summed E-state index contributed by atoms with van der Waals surface area (Å²) in [6, 6.07) is 33.2. The lowest BCUT2D eigenvalue weighted by atomic mass is 9.88. The van der Waals surface area contributed by atoms with E-state index in [2.05, 4.69) is 47.5 Å². The molecule has 1 amide bonds. The fourth-order valence-electron chi connectivity index (χ4n) is 6.54. The van der Waals surface area contributed by atoms with E-state index in [1.54, 1.807) is 11.8 Å². The third-order valence-electron chi connectivity index (χ3n) is 9.32. The number of carboxylic acids is 1. The molecule has 4 aromatic carbocycles. The summed E-state index contributed by atoms with van der Waals surface area (Å²) in [6.45, 7) is 3.26. The van der Waals surface area contributed by atoms with Gasteiger partial charge in [-0.15, -0.1) is 0 Å². The van der Waals surface area contributed by atoms with Crippen LogP contribution in [0.5, 0.6) is 0 Å². The second kappa shape index (κ2) is 14.5. The van der Waals surface area contributed by atoms with Crippen molar-refractivity contribution in [2.24, 2.45) is 5.92 Å². The van der Waals surface area contributed by atoms with E-state index >= 15 is 0 Å². The number of allylic oxidation sites excluding steroid dienone is 4. The summed E-state index contributed by atoms with van der Waals surface area (Å²) >= 11 is 1.60. The number of benzene rings is 4. The number of hydrogen-bond donors (Lipinski definition) is 2. The first-order valence-electron chi connectivity index (χ1n) is 16.3. The Bertz CT molecular complexity index is 1870. The number of carbonyl (C=O) groups excluding carboxylic acids is 2. The molecule has 7 heteroatoms. The molecule has 4 aromatic rings. The van der Waals surface area contributed by atoms with E-state index in [1.165, 1.54) is 0 Å². The minimum atomic E-state index is -1.22. The van der Waals surface area contributed by atoms with Crippen molar-refractivity contribution in [3.05, 3.63) is 154 Å². The summed E-state index contributed by atoms with van der Waals surface area (Å²) in [7, 11) is 0. The average Bonchev–Trinajstić information content (AvgIpc) is 3.81. The molecule has 48 heavy (non-hydrogen) atoms. The molecule has 6 nitrogen and oxygen atoms in total. The van der Waals surface area contributed by atoms with E-state index in [-0.39, 0.29) is 17.6 Å². The highest BCUT2D eigenvalue weighted by molar-refractivity contribution is 7.98. The van der Waals surface area contributed by atoms with E-state index in [9.17, 15) is 19.5 Å². The zero-order valence-electron chi connectivity index (χ0n) is 27.3. The van der Waals surface area contributed by atoms with Gasteiger partial charge in [0.25, 0.3) is 5.91 Å². The zero-order valence-corrected chi connectivity index (χ0v) is 28.1. The Hall–Kier alpha value is -4.88. The number of carboxylic acid groups (broad SMARTS) is 1. The van der Waals surface area contributed by atoms with Gasteiger partial charge in [0, 0.05) is 41.4 Å². The monoisotopic (exact) mass is 656 g/mol. The molecule has 1 saturated carbocycles. The highest BCUT2D eigenvalue weighted by Gasteiger charge is 2.61. The fraction of sp³-hybridized carbons (Fsp3) is 0.244. The largest absolute Gasteiger partial charge is 0.479 e. The van der Waals surface area contributed by atoms with Crippen molar-refractivity contribution in [2.75, 3.05) is 16.9 Å². The first-order valence-corrected chi connectivity index (χ1v) is 17.7. The number of anilines is 1. The van der Waals surface area contributed by atoms with Crippen molar-refractivity contribution in [1.29, 1.82) is 0 Å². The van der Waals surface area contributed by atoms with Gasteiger partial charge in [0.15, 0.2) is 5.78 Å². The Kier molecular flexibility index (Phi) is 9.97. The van der Waals surface area contributed by atoms with Crippen LogP contribution in [0.25, 0.3) is 5.57 Å². The van der Waals surface area contributed by atoms with Crippen molar-refractivity contribution in [1.82, 2.24) is 5.32 Å². The van der Waals surface area contributed by atoms with Gasteiger partial charge >= 0.3 is 5.97 Å². The van der Waals surface area contributed by atoms with E-state index in [1.807, 2.05) is 91.2 Å². The van der Waals surface area contributed by atoms with E-state index < -0.39 is 11.5 Å². The predicted molar refractivity (Wildman–Crippen MR) is 194 cm³/mol. The van der Waals surface area contributed by atoms with E-state index in [0.717, 1.165) is 46.4 Å². The van der Waals surface area contributed by atoms with Crippen LogP contribution in [0.15, 0.2) is 121 Å².